The van der Waals surface area contributed by atoms with Crippen molar-refractivity contribution in [1.82, 2.24) is 0 Å². The monoisotopic (exact) mass is 116 g/mol. The standard InChI is InChI=1S/C3H5BO4/c1-2(5)3-6-4(7-3)8-3/h2,5H,1H3. The van der Waals surface area contributed by atoms with Crippen LogP contribution < -0.4 is 0 Å². The average Bonchev–Trinajstić information content (AvgIpc) is 1.16. The van der Waals surface area contributed by atoms with Crippen LogP contribution >= 0.6 is 0 Å². The normalized spacial score (nSPS) is 33.0. The van der Waals surface area contributed by atoms with Crippen LogP contribution in [0.15, 0.2) is 0 Å². The van der Waals surface area contributed by atoms with Crippen LogP contribution in [0, 0.1) is 0 Å². The van der Waals surface area contributed by atoms with Crippen LogP contribution in [0.5, 0.6) is 0 Å². The lowest BCUT2D eigenvalue weighted by molar-refractivity contribution is -0.486. The molecule has 3 rings (SSSR count). The molecule has 3 saturated heterocycles. The second-order valence-electron chi connectivity index (χ2n) is 1.92. The first-order valence-electron chi connectivity index (χ1n) is 2.44. The van der Waals surface area contributed by atoms with E-state index >= 15 is 0 Å². The molecule has 0 saturated carbocycles. The topological polar surface area (TPSA) is 47.9 Å². The van der Waals surface area contributed by atoms with Crippen molar-refractivity contribution in [1.29, 1.82) is 0 Å². The molecule has 0 aromatic carbocycles. The van der Waals surface area contributed by atoms with E-state index in [4.69, 9.17) is 19.1 Å². The zero-order valence-electron chi connectivity index (χ0n) is 4.33. The summed E-state index contributed by atoms with van der Waals surface area (Å²) < 4.78 is 14.3. The Morgan fingerprint density at radius 1 is 1.50 bits per heavy atom. The summed E-state index contributed by atoms with van der Waals surface area (Å²) >= 11 is 0. The molecule has 0 spiro atoms. The molecule has 0 radical (unpaired) electrons. The molecule has 0 aromatic heterocycles. The van der Waals surface area contributed by atoms with Crippen molar-refractivity contribution in [3.05, 3.63) is 0 Å². The zero-order chi connectivity index (χ0) is 5.78. The van der Waals surface area contributed by atoms with Gasteiger partial charge in [0.15, 0.2) is 0 Å². The van der Waals surface area contributed by atoms with Crippen LogP contribution in [0.2, 0.25) is 0 Å². The SMILES string of the molecule is CC(O)C12OB(O1)O2. The molecule has 3 aliphatic rings. The molecule has 8 heavy (non-hydrogen) atoms. The van der Waals surface area contributed by atoms with Gasteiger partial charge in [0.05, 0.1) is 0 Å². The number of hydrogen-bond acceptors (Lipinski definition) is 4. The summed E-state index contributed by atoms with van der Waals surface area (Å²) in [6, 6.07) is 0. The largest absolute Gasteiger partial charge is 0.651 e. The number of aliphatic hydroxyl groups is 1. The van der Waals surface area contributed by atoms with Gasteiger partial charge in [0, 0.05) is 0 Å². The smallest absolute Gasteiger partial charge is 0.385 e. The Hall–Kier alpha value is -0.0951. The van der Waals surface area contributed by atoms with Crippen molar-refractivity contribution in [2.45, 2.75) is 19.0 Å². The van der Waals surface area contributed by atoms with Gasteiger partial charge in [-0.3, -0.25) is 0 Å². The highest BCUT2D eigenvalue weighted by atomic mass is 17.1. The van der Waals surface area contributed by atoms with E-state index in [0.29, 0.717) is 0 Å². The van der Waals surface area contributed by atoms with Gasteiger partial charge >= 0.3 is 7.32 Å². The van der Waals surface area contributed by atoms with Gasteiger partial charge in [-0.1, -0.05) is 0 Å². The van der Waals surface area contributed by atoms with E-state index in [1.54, 1.807) is 6.92 Å². The molecule has 4 nitrogen and oxygen atoms in total. The van der Waals surface area contributed by atoms with Crippen LogP contribution in [0.4, 0.5) is 0 Å². The van der Waals surface area contributed by atoms with E-state index < -0.39 is 19.4 Å². The highest BCUT2D eigenvalue weighted by Gasteiger charge is 2.71. The van der Waals surface area contributed by atoms with E-state index in [1.165, 1.54) is 0 Å². The molecule has 5 heteroatoms. The molecule has 0 aromatic rings. The van der Waals surface area contributed by atoms with E-state index in [2.05, 4.69) is 0 Å². The predicted octanol–water partition coefficient (Wildman–Crippen LogP) is -0.917. The lowest BCUT2D eigenvalue weighted by atomic mass is 9.99. The van der Waals surface area contributed by atoms with Gasteiger partial charge in [0.1, 0.15) is 6.10 Å². The quantitative estimate of drug-likeness (QED) is 0.450. The Bertz CT molecular complexity index is 107. The fourth-order valence-corrected chi connectivity index (χ4v) is 0.724. The number of aliphatic hydroxyl groups excluding tert-OH is 1. The number of hydrogen-bond donors (Lipinski definition) is 1. The predicted molar refractivity (Wildman–Crippen MR) is 23.4 cm³/mol. The second-order valence-corrected chi connectivity index (χ2v) is 1.92. The Morgan fingerprint density at radius 3 is 2.00 bits per heavy atom. The van der Waals surface area contributed by atoms with Crippen LogP contribution in [0.3, 0.4) is 0 Å². The van der Waals surface area contributed by atoms with E-state index in [0.717, 1.165) is 0 Å². The molecule has 2 bridgehead atoms. The van der Waals surface area contributed by atoms with Crippen LogP contribution in [0.25, 0.3) is 0 Å². The molecule has 3 aliphatic heterocycles. The Morgan fingerprint density at radius 2 is 2.00 bits per heavy atom. The van der Waals surface area contributed by atoms with E-state index in [-0.39, 0.29) is 0 Å². The first-order chi connectivity index (χ1) is 3.73. The lowest BCUT2D eigenvalue weighted by Gasteiger charge is -2.57. The average molecular weight is 116 g/mol. The first-order valence-corrected chi connectivity index (χ1v) is 2.44. The van der Waals surface area contributed by atoms with Crippen molar-refractivity contribution in [2.24, 2.45) is 0 Å². The summed E-state index contributed by atoms with van der Waals surface area (Å²) in [4.78, 5) is 0. The van der Waals surface area contributed by atoms with Crippen LogP contribution in [-0.4, -0.2) is 24.5 Å². The highest BCUT2D eigenvalue weighted by Crippen LogP contribution is 2.44. The molecule has 0 aliphatic carbocycles. The molecule has 44 valence electrons. The summed E-state index contributed by atoms with van der Waals surface area (Å²) in [6.45, 7) is 1.55. The molecule has 3 heterocycles. The fourth-order valence-electron chi connectivity index (χ4n) is 0.724. The third kappa shape index (κ3) is 0.325. The highest BCUT2D eigenvalue weighted by molar-refractivity contribution is 6.43. The Kier molecular flexibility index (Phi) is 0.644. The molecular weight excluding hydrogens is 111 g/mol. The summed E-state index contributed by atoms with van der Waals surface area (Å²) in [6.07, 6.45) is -0.701. The lowest BCUT2D eigenvalue weighted by Crippen LogP contribution is -2.79. The second kappa shape index (κ2) is 1.08. The minimum absolute atomic E-state index is 0.496. The molecule has 1 unspecified atom stereocenters. The van der Waals surface area contributed by atoms with Crippen molar-refractivity contribution in [2.75, 3.05) is 0 Å². The minimum Gasteiger partial charge on any atom is -0.385 e. The maximum absolute atomic E-state index is 8.79. The Labute approximate surface area is 46.5 Å². The maximum Gasteiger partial charge on any atom is 0.651 e. The first kappa shape index (κ1) is 4.75. The maximum atomic E-state index is 8.79. The van der Waals surface area contributed by atoms with Crippen molar-refractivity contribution < 1.29 is 19.1 Å². The minimum atomic E-state index is -1.08. The van der Waals surface area contributed by atoms with Gasteiger partial charge < -0.3 is 19.1 Å². The van der Waals surface area contributed by atoms with E-state index in [9.17, 15) is 0 Å². The third-order valence-corrected chi connectivity index (χ3v) is 1.29. The van der Waals surface area contributed by atoms with Gasteiger partial charge in [0.25, 0.3) is 5.97 Å². The van der Waals surface area contributed by atoms with Crippen molar-refractivity contribution in [3.63, 3.8) is 0 Å². The molecule has 0 amide bonds. The van der Waals surface area contributed by atoms with Crippen molar-refractivity contribution >= 4 is 7.32 Å². The van der Waals surface area contributed by atoms with Crippen LogP contribution in [0.1, 0.15) is 6.92 Å². The van der Waals surface area contributed by atoms with Gasteiger partial charge in [0.2, 0.25) is 0 Å². The molecule has 1 atom stereocenters. The van der Waals surface area contributed by atoms with Crippen molar-refractivity contribution in [3.8, 4) is 0 Å². The van der Waals surface area contributed by atoms with Gasteiger partial charge in [-0.05, 0) is 6.92 Å². The molecular formula is C3H5BO4. The van der Waals surface area contributed by atoms with Gasteiger partial charge in [-0.25, -0.2) is 0 Å². The Balaban J connectivity index is 2.04. The fraction of sp³-hybridized carbons (Fsp3) is 1.00. The third-order valence-electron chi connectivity index (χ3n) is 1.29. The summed E-state index contributed by atoms with van der Waals surface area (Å²) in [5.41, 5.74) is 0. The van der Waals surface area contributed by atoms with Gasteiger partial charge in [-0.15, -0.1) is 0 Å². The summed E-state index contributed by atoms with van der Waals surface area (Å²) in [7, 11) is -0.496. The summed E-state index contributed by atoms with van der Waals surface area (Å²) in [5.74, 6) is -1.08. The van der Waals surface area contributed by atoms with Gasteiger partial charge in [-0.2, -0.15) is 0 Å². The molecule has 1 N–H and O–H groups in total. The van der Waals surface area contributed by atoms with E-state index in [1.807, 2.05) is 0 Å². The molecule has 3 fully saturated rings. The van der Waals surface area contributed by atoms with Crippen LogP contribution in [-0.2, 0) is 14.0 Å². The summed E-state index contributed by atoms with van der Waals surface area (Å²) in [5, 5.41) is 8.79. The zero-order valence-corrected chi connectivity index (χ0v) is 4.33. The number of rotatable bonds is 1.